The van der Waals surface area contributed by atoms with Crippen LogP contribution in [0.5, 0.6) is 28.9 Å². The number of pyridine rings is 1. The summed E-state index contributed by atoms with van der Waals surface area (Å²) in [6.07, 6.45) is 1.83. The fourth-order valence-corrected chi connectivity index (χ4v) is 4.24. The van der Waals surface area contributed by atoms with E-state index in [0.717, 1.165) is 5.56 Å². The van der Waals surface area contributed by atoms with Crippen LogP contribution in [0.15, 0.2) is 65.6 Å². The molecule has 0 unspecified atom stereocenters. The van der Waals surface area contributed by atoms with E-state index in [1.807, 2.05) is 0 Å². The van der Waals surface area contributed by atoms with Gasteiger partial charge in [-0.05, 0) is 53.9 Å². The first kappa shape index (κ1) is 23.0. The Balaban J connectivity index is 1.43. The molecule has 0 radical (unpaired) electrons. The van der Waals surface area contributed by atoms with E-state index in [4.69, 9.17) is 9.47 Å². The Morgan fingerprint density at radius 3 is 2.69 bits per heavy atom. The highest BCUT2D eigenvalue weighted by atomic mass is 16.7. The Morgan fingerprint density at radius 1 is 1.03 bits per heavy atom. The van der Waals surface area contributed by atoms with Crippen LogP contribution in [0.3, 0.4) is 0 Å². The molecule has 2 aromatic heterocycles. The van der Waals surface area contributed by atoms with Crippen LogP contribution in [0.25, 0.3) is 5.65 Å². The van der Waals surface area contributed by atoms with Gasteiger partial charge in [0, 0.05) is 25.1 Å². The molecule has 1 aliphatic rings. The molecule has 0 saturated carbocycles. The summed E-state index contributed by atoms with van der Waals surface area (Å²) in [5.41, 5.74) is 1.12. The molecule has 1 aliphatic heterocycles. The third kappa shape index (κ3) is 4.48. The first-order valence-corrected chi connectivity index (χ1v) is 11.3. The van der Waals surface area contributed by atoms with Gasteiger partial charge >= 0.3 is 0 Å². The van der Waals surface area contributed by atoms with E-state index >= 15 is 0 Å². The van der Waals surface area contributed by atoms with E-state index in [1.165, 1.54) is 16.5 Å². The summed E-state index contributed by atoms with van der Waals surface area (Å²) >= 11 is 0. The number of ether oxygens (including phenoxy) is 2. The van der Waals surface area contributed by atoms with Crippen molar-refractivity contribution >= 4 is 11.6 Å². The Labute approximate surface area is 205 Å². The zero-order valence-electron chi connectivity index (χ0n) is 19.0. The molecule has 10 heteroatoms. The second-order valence-electron chi connectivity index (χ2n) is 8.38. The maximum Gasteiger partial charge on any atom is 0.265 e. The number of hydrogen-bond acceptors (Lipinski definition) is 8. The summed E-state index contributed by atoms with van der Waals surface area (Å²) in [5, 5.41) is 32.7. The van der Waals surface area contributed by atoms with Crippen molar-refractivity contribution in [3.8, 4) is 28.9 Å². The van der Waals surface area contributed by atoms with Crippen LogP contribution < -0.4 is 20.3 Å². The number of fused-ring (bicyclic) bond motifs is 2. The average Bonchev–Trinajstić information content (AvgIpc) is 3.33. The number of aromatic hydroxyl groups is 3. The smallest absolute Gasteiger partial charge is 0.265 e. The van der Waals surface area contributed by atoms with E-state index in [2.05, 4.69) is 10.3 Å². The molecule has 3 heterocycles. The lowest BCUT2D eigenvalue weighted by molar-refractivity contribution is -0.121. The second kappa shape index (κ2) is 9.49. The van der Waals surface area contributed by atoms with Crippen LogP contribution in [0, 0.1) is 0 Å². The van der Waals surface area contributed by atoms with Gasteiger partial charge in [-0.15, -0.1) is 0 Å². The minimum atomic E-state index is -0.811. The van der Waals surface area contributed by atoms with Gasteiger partial charge in [0.15, 0.2) is 23.0 Å². The number of rotatable bonds is 7. The number of carbonyl (C=O) groups is 1. The quantitative estimate of drug-likeness (QED) is 0.290. The summed E-state index contributed by atoms with van der Waals surface area (Å²) in [7, 11) is 0. The largest absolute Gasteiger partial charge is 0.504 e. The molecule has 184 valence electrons. The van der Waals surface area contributed by atoms with Crippen molar-refractivity contribution in [2.75, 3.05) is 13.3 Å². The third-order valence-corrected chi connectivity index (χ3v) is 6.06. The zero-order chi connectivity index (χ0) is 25.2. The lowest BCUT2D eigenvalue weighted by Gasteiger charge is -2.19. The predicted molar refractivity (Wildman–Crippen MR) is 129 cm³/mol. The highest BCUT2D eigenvalue weighted by Gasteiger charge is 2.28. The standard InChI is InChI=1S/C26H23N3O7/c30-18-6-4-15(11-19(18)31)8-9-27-23(32)13-17(16-5-7-20-21(12-16)36-14-35-20)24-25(33)28-22-3-1-2-10-29(22)26(24)34/h1-7,10-12,17,30-31,33H,8-9,13-14H2,(H,27,32)/t17-/m0/s1. The van der Waals surface area contributed by atoms with E-state index in [1.54, 1.807) is 48.7 Å². The summed E-state index contributed by atoms with van der Waals surface area (Å²) in [6.45, 7) is 0.333. The van der Waals surface area contributed by atoms with Crippen molar-refractivity contribution in [2.45, 2.75) is 18.8 Å². The van der Waals surface area contributed by atoms with Crippen molar-refractivity contribution in [3.63, 3.8) is 0 Å². The number of benzene rings is 2. The Hall–Kier alpha value is -4.73. The zero-order valence-corrected chi connectivity index (χ0v) is 19.0. The van der Waals surface area contributed by atoms with E-state index in [0.29, 0.717) is 23.5 Å². The molecule has 1 amide bonds. The van der Waals surface area contributed by atoms with Gasteiger partial charge in [0.25, 0.3) is 5.56 Å². The predicted octanol–water partition coefficient (Wildman–Crippen LogP) is 2.42. The van der Waals surface area contributed by atoms with Gasteiger partial charge < -0.3 is 30.1 Å². The van der Waals surface area contributed by atoms with Gasteiger partial charge in [-0.1, -0.05) is 18.2 Å². The van der Waals surface area contributed by atoms with Gasteiger partial charge in [0.05, 0.1) is 5.56 Å². The van der Waals surface area contributed by atoms with Gasteiger partial charge in [0.2, 0.25) is 18.6 Å². The summed E-state index contributed by atoms with van der Waals surface area (Å²) in [5.74, 6) is -1.02. The molecule has 4 N–H and O–H groups in total. The summed E-state index contributed by atoms with van der Waals surface area (Å²) < 4.78 is 12.2. The molecule has 36 heavy (non-hydrogen) atoms. The lowest BCUT2D eigenvalue weighted by Crippen LogP contribution is -2.30. The fraction of sp³-hybridized carbons (Fsp3) is 0.192. The van der Waals surface area contributed by atoms with Crippen molar-refractivity contribution in [2.24, 2.45) is 0 Å². The topological polar surface area (TPSA) is 143 Å². The van der Waals surface area contributed by atoms with E-state index in [-0.39, 0.29) is 48.4 Å². The van der Waals surface area contributed by atoms with Crippen molar-refractivity contribution in [1.29, 1.82) is 0 Å². The number of phenolic OH excluding ortho intramolecular Hbond substituents is 2. The van der Waals surface area contributed by atoms with Crippen LogP contribution >= 0.6 is 0 Å². The molecule has 10 nitrogen and oxygen atoms in total. The van der Waals surface area contributed by atoms with E-state index in [9.17, 15) is 24.9 Å². The summed E-state index contributed by atoms with van der Waals surface area (Å²) in [6, 6.07) is 14.6. The number of hydrogen-bond donors (Lipinski definition) is 4. The molecule has 5 rings (SSSR count). The Kier molecular flexibility index (Phi) is 6.07. The third-order valence-electron chi connectivity index (χ3n) is 6.06. The Morgan fingerprint density at radius 2 is 1.86 bits per heavy atom. The number of aromatic nitrogens is 2. The van der Waals surface area contributed by atoms with Crippen LogP contribution in [0.4, 0.5) is 0 Å². The van der Waals surface area contributed by atoms with E-state index < -0.39 is 17.4 Å². The number of nitrogens with zero attached hydrogens (tertiary/aromatic N) is 2. The maximum absolute atomic E-state index is 13.4. The molecule has 0 bridgehead atoms. The SMILES string of the molecule is O=C(C[C@@H](c1ccc2c(c1)OCO2)c1c(O)nc2ccccn2c1=O)NCCc1ccc(O)c(O)c1. The first-order chi connectivity index (χ1) is 17.4. The van der Waals surface area contributed by atoms with Crippen LogP contribution in [0.2, 0.25) is 0 Å². The molecular weight excluding hydrogens is 466 g/mol. The number of nitrogens with one attached hydrogen (secondary N) is 1. The van der Waals surface area contributed by atoms with Gasteiger partial charge in [-0.3, -0.25) is 14.0 Å². The minimum absolute atomic E-state index is 0.00354. The number of amides is 1. The number of carbonyl (C=O) groups excluding carboxylic acids is 1. The molecule has 4 aromatic rings. The maximum atomic E-state index is 13.4. The van der Waals surface area contributed by atoms with Crippen molar-refractivity contribution in [1.82, 2.24) is 14.7 Å². The Bertz CT molecular complexity index is 1520. The van der Waals surface area contributed by atoms with Gasteiger partial charge in [0.1, 0.15) is 5.65 Å². The minimum Gasteiger partial charge on any atom is -0.504 e. The van der Waals surface area contributed by atoms with Crippen molar-refractivity contribution in [3.05, 3.63) is 87.8 Å². The molecule has 0 fully saturated rings. The van der Waals surface area contributed by atoms with Gasteiger partial charge in [-0.25, -0.2) is 0 Å². The molecular formula is C26H23N3O7. The van der Waals surface area contributed by atoms with Crippen LogP contribution in [-0.4, -0.2) is 43.9 Å². The number of phenols is 2. The molecule has 0 saturated heterocycles. The van der Waals surface area contributed by atoms with Crippen LogP contribution in [-0.2, 0) is 11.2 Å². The lowest BCUT2D eigenvalue weighted by atomic mass is 9.89. The van der Waals surface area contributed by atoms with Crippen LogP contribution in [0.1, 0.15) is 29.0 Å². The average molecular weight is 489 g/mol. The normalized spacial score (nSPS) is 13.0. The van der Waals surface area contributed by atoms with Crippen molar-refractivity contribution < 1.29 is 29.6 Å². The molecule has 2 aromatic carbocycles. The second-order valence-corrected chi connectivity index (χ2v) is 8.38. The highest BCUT2D eigenvalue weighted by Crippen LogP contribution is 2.38. The van der Waals surface area contributed by atoms with Gasteiger partial charge in [-0.2, -0.15) is 4.98 Å². The molecule has 0 aliphatic carbocycles. The highest BCUT2D eigenvalue weighted by molar-refractivity contribution is 5.78. The summed E-state index contributed by atoms with van der Waals surface area (Å²) in [4.78, 5) is 30.5. The first-order valence-electron chi connectivity index (χ1n) is 11.3. The molecule has 1 atom stereocenters. The fourth-order valence-electron chi connectivity index (χ4n) is 4.24. The monoisotopic (exact) mass is 489 g/mol. The molecule has 0 spiro atoms.